The van der Waals surface area contributed by atoms with Crippen molar-refractivity contribution in [2.24, 2.45) is 0 Å². The molecule has 3 rings (SSSR count). The third-order valence-corrected chi connectivity index (χ3v) is 4.49. The molecule has 2 saturated heterocycles. The van der Waals surface area contributed by atoms with Gasteiger partial charge in [-0.25, -0.2) is 18.0 Å². The lowest BCUT2D eigenvalue weighted by molar-refractivity contribution is 0.122. The third-order valence-electron chi connectivity index (χ3n) is 4.17. The highest BCUT2D eigenvalue weighted by atomic mass is 32.1. The molecule has 2 aliphatic rings. The average molecular weight is 389 g/mol. The summed E-state index contributed by atoms with van der Waals surface area (Å²) in [7, 11) is 0. The molecular formula is C16H18F3N3O3S. The summed E-state index contributed by atoms with van der Waals surface area (Å²) < 4.78 is 49.6. The second kappa shape index (κ2) is 8.09. The first-order valence-electron chi connectivity index (χ1n) is 8.12. The van der Waals surface area contributed by atoms with E-state index in [0.29, 0.717) is 37.7 Å². The Morgan fingerprint density at radius 1 is 1.35 bits per heavy atom. The SMILES string of the molecule is O=C1OC(CNC(=S)C(F)F)CN1c1ccc(N2CCOCC2)c(F)c1. The number of carbonyl (C=O) groups is 1. The fraction of sp³-hybridized carbons (Fsp3) is 0.500. The molecule has 0 radical (unpaired) electrons. The Hall–Kier alpha value is -2.07. The van der Waals surface area contributed by atoms with Gasteiger partial charge >= 0.3 is 6.09 Å². The molecule has 6 nitrogen and oxygen atoms in total. The minimum Gasteiger partial charge on any atom is -0.442 e. The number of benzene rings is 1. The number of cyclic esters (lactones) is 1. The van der Waals surface area contributed by atoms with Gasteiger partial charge in [0.1, 0.15) is 16.9 Å². The molecule has 2 aliphatic heterocycles. The zero-order valence-electron chi connectivity index (χ0n) is 13.8. The van der Waals surface area contributed by atoms with Gasteiger partial charge in [0.15, 0.2) is 0 Å². The number of amides is 1. The first-order valence-corrected chi connectivity index (χ1v) is 8.53. The van der Waals surface area contributed by atoms with Crippen LogP contribution in [0.1, 0.15) is 0 Å². The van der Waals surface area contributed by atoms with E-state index in [1.807, 2.05) is 4.90 Å². The number of hydrogen-bond donors (Lipinski definition) is 1. The van der Waals surface area contributed by atoms with Crippen LogP contribution in [0, 0.1) is 5.82 Å². The van der Waals surface area contributed by atoms with E-state index in [-0.39, 0.29) is 13.1 Å². The molecule has 142 valence electrons. The summed E-state index contributed by atoms with van der Waals surface area (Å²) in [6.07, 6.45) is -4.07. The van der Waals surface area contributed by atoms with Crippen LogP contribution in [0.3, 0.4) is 0 Å². The number of anilines is 2. The van der Waals surface area contributed by atoms with E-state index in [9.17, 15) is 18.0 Å². The largest absolute Gasteiger partial charge is 0.442 e. The molecule has 1 amide bonds. The normalized spacial score (nSPS) is 20.5. The number of ether oxygens (including phenoxy) is 2. The van der Waals surface area contributed by atoms with Crippen LogP contribution in [-0.4, -0.2) is 63.0 Å². The molecule has 1 N–H and O–H groups in total. The molecule has 1 atom stereocenters. The van der Waals surface area contributed by atoms with Crippen molar-refractivity contribution < 1.29 is 27.4 Å². The van der Waals surface area contributed by atoms with Gasteiger partial charge < -0.3 is 19.7 Å². The first kappa shape index (κ1) is 18.7. The molecule has 1 aromatic carbocycles. The van der Waals surface area contributed by atoms with Crippen molar-refractivity contribution in [2.75, 3.05) is 49.2 Å². The van der Waals surface area contributed by atoms with Crippen LogP contribution < -0.4 is 15.1 Å². The van der Waals surface area contributed by atoms with E-state index in [2.05, 4.69) is 17.5 Å². The van der Waals surface area contributed by atoms with Gasteiger partial charge in [0.05, 0.1) is 37.7 Å². The maximum atomic E-state index is 14.5. The molecule has 26 heavy (non-hydrogen) atoms. The average Bonchev–Trinajstić information content (AvgIpc) is 3.01. The molecular weight excluding hydrogens is 371 g/mol. The van der Waals surface area contributed by atoms with Crippen molar-refractivity contribution in [1.82, 2.24) is 5.32 Å². The predicted octanol–water partition coefficient (Wildman–Crippen LogP) is 2.17. The smallest absolute Gasteiger partial charge is 0.414 e. The number of rotatable bonds is 5. The molecule has 0 aliphatic carbocycles. The number of thiocarbonyl (C=S) groups is 1. The Labute approximate surface area is 153 Å². The van der Waals surface area contributed by atoms with E-state index in [0.717, 1.165) is 0 Å². The molecule has 0 aromatic heterocycles. The Bertz CT molecular complexity index is 686. The first-order chi connectivity index (χ1) is 12.5. The molecule has 2 fully saturated rings. The van der Waals surface area contributed by atoms with Crippen molar-refractivity contribution in [1.29, 1.82) is 0 Å². The number of halogens is 3. The minimum absolute atomic E-state index is 0.0280. The molecule has 0 bridgehead atoms. The Balaban J connectivity index is 1.64. The maximum Gasteiger partial charge on any atom is 0.414 e. The van der Waals surface area contributed by atoms with Crippen LogP contribution in [0.4, 0.5) is 29.3 Å². The lowest BCUT2D eigenvalue weighted by Crippen LogP contribution is -2.37. The quantitative estimate of drug-likeness (QED) is 0.779. The zero-order chi connectivity index (χ0) is 18.7. The highest BCUT2D eigenvalue weighted by Gasteiger charge is 2.33. The van der Waals surface area contributed by atoms with Gasteiger partial charge in [0.25, 0.3) is 6.43 Å². The summed E-state index contributed by atoms with van der Waals surface area (Å²) in [5.41, 5.74) is 0.800. The summed E-state index contributed by atoms with van der Waals surface area (Å²) in [5, 5.41) is 2.37. The maximum absolute atomic E-state index is 14.5. The molecule has 0 saturated carbocycles. The second-order valence-electron chi connectivity index (χ2n) is 5.90. The summed E-state index contributed by atoms with van der Waals surface area (Å²) >= 11 is 4.48. The van der Waals surface area contributed by atoms with Gasteiger partial charge in [-0.1, -0.05) is 12.2 Å². The lowest BCUT2D eigenvalue weighted by Gasteiger charge is -2.29. The molecule has 2 heterocycles. The minimum atomic E-state index is -2.76. The number of nitrogens with zero attached hydrogens (tertiary/aromatic N) is 2. The van der Waals surface area contributed by atoms with Gasteiger partial charge in [0, 0.05) is 13.1 Å². The van der Waals surface area contributed by atoms with Crippen LogP contribution in [0.2, 0.25) is 0 Å². The fourth-order valence-corrected chi connectivity index (χ4v) is 2.94. The van der Waals surface area contributed by atoms with Crippen LogP contribution in [0.25, 0.3) is 0 Å². The monoisotopic (exact) mass is 389 g/mol. The zero-order valence-corrected chi connectivity index (χ0v) is 14.6. The van der Waals surface area contributed by atoms with E-state index >= 15 is 0 Å². The van der Waals surface area contributed by atoms with Crippen LogP contribution in [0.5, 0.6) is 0 Å². The van der Waals surface area contributed by atoms with Gasteiger partial charge in [-0.3, -0.25) is 4.90 Å². The summed E-state index contributed by atoms with van der Waals surface area (Å²) in [6.45, 7) is 2.36. The summed E-state index contributed by atoms with van der Waals surface area (Å²) in [4.78, 5) is 14.6. The number of alkyl halides is 2. The van der Waals surface area contributed by atoms with Gasteiger partial charge in [-0.2, -0.15) is 0 Å². The lowest BCUT2D eigenvalue weighted by atomic mass is 10.2. The molecule has 10 heteroatoms. The van der Waals surface area contributed by atoms with Gasteiger partial charge in [0.2, 0.25) is 0 Å². The summed E-state index contributed by atoms with van der Waals surface area (Å²) in [6, 6.07) is 4.52. The van der Waals surface area contributed by atoms with Gasteiger partial charge in [-0.05, 0) is 18.2 Å². The van der Waals surface area contributed by atoms with Gasteiger partial charge in [-0.15, -0.1) is 0 Å². The number of nitrogens with one attached hydrogen (secondary N) is 1. The summed E-state index contributed by atoms with van der Waals surface area (Å²) in [5.74, 6) is -0.447. The van der Waals surface area contributed by atoms with Crippen molar-refractivity contribution >= 4 is 34.7 Å². The van der Waals surface area contributed by atoms with Crippen molar-refractivity contribution in [3.63, 3.8) is 0 Å². The van der Waals surface area contributed by atoms with Crippen molar-refractivity contribution in [3.05, 3.63) is 24.0 Å². The van der Waals surface area contributed by atoms with Crippen molar-refractivity contribution in [3.8, 4) is 0 Å². The predicted molar refractivity (Wildman–Crippen MR) is 93.7 cm³/mol. The van der Waals surface area contributed by atoms with E-state index in [1.165, 1.54) is 11.0 Å². The van der Waals surface area contributed by atoms with Crippen molar-refractivity contribution in [2.45, 2.75) is 12.5 Å². The number of hydrogen-bond acceptors (Lipinski definition) is 5. The van der Waals surface area contributed by atoms with E-state index in [1.54, 1.807) is 12.1 Å². The highest BCUT2D eigenvalue weighted by molar-refractivity contribution is 7.80. The third kappa shape index (κ3) is 4.18. The molecule has 1 unspecified atom stereocenters. The number of carbonyl (C=O) groups excluding carboxylic acids is 1. The standard InChI is InChI=1S/C16H18F3N3O3S/c17-12-7-10(1-2-13(12)21-3-5-24-6-4-21)22-9-11(25-16(22)23)8-20-15(26)14(18)19/h1-2,7,11,14H,3-6,8-9H2,(H,20,26). The molecule has 0 spiro atoms. The molecule has 1 aromatic rings. The van der Waals surface area contributed by atoms with E-state index in [4.69, 9.17) is 9.47 Å². The van der Waals surface area contributed by atoms with Crippen LogP contribution in [-0.2, 0) is 9.47 Å². The number of morpholine rings is 1. The Morgan fingerprint density at radius 2 is 2.08 bits per heavy atom. The van der Waals surface area contributed by atoms with E-state index < -0.39 is 29.4 Å². The Kier molecular flexibility index (Phi) is 5.82. The fourth-order valence-electron chi connectivity index (χ4n) is 2.85. The highest BCUT2D eigenvalue weighted by Crippen LogP contribution is 2.28. The van der Waals surface area contributed by atoms with Crippen LogP contribution in [0.15, 0.2) is 18.2 Å². The van der Waals surface area contributed by atoms with Crippen LogP contribution >= 0.6 is 12.2 Å². The Morgan fingerprint density at radius 3 is 2.73 bits per heavy atom. The topological polar surface area (TPSA) is 54.0 Å². The second-order valence-corrected chi connectivity index (χ2v) is 6.34.